The van der Waals surface area contributed by atoms with Crippen molar-refractivity contribution in [3.8, 4) is 0 Å². The number of nitrogens with one attached hydrogen (secondary N) is 1. The molecule has 0 spiro atoms. The molecule has 2 rings (SSSR count). The highest BCUT2D eigenvalue weighted by Gasteiger charge is 2.43. The second-order valence-corrected chi connectivity index (χ2v) is 4.09. The van der Waals surface area contributed by atoms with Crippen LogP contribution in [0.15, 0.2) is 22.8 Å². The summed E-state index contributed by atoms with van der Waals surface area (Å²) in [5.41, 5.74) is 2.62. The molecule has 1 aromatic rings. The van der Waals surface area contributed by atoms with E-state index in [-0.39, 0.29) is 11.6 Å². The Balaban J connectivity index is 2.24. The summed E-state index contributed by atoms with van der Waals surface area (Å²) in [6.07, 6.45) is 6.09. The van der Waals surface area contributed by atoms with Crippen molar-refractivity contribution in [1.29, 1.82) is 0 Å². The van der Waals surface area contributed by atoms with Gasteiger partial charge >= 0.3 is 0 Å². The summed E-state index contributed by atoms with van der Waals surface area (Å²) < 4.78 is 11.1. The summed E-state index contributed by atoms with van der Waals surface area (Å²) >= 11 is 0. The van der Waals surface area contributed by atoms with Crippen molar-refractivity contribution in [3.63, 3.8) is 0 Å². The third-order valence-corrected chi connectivity index (χ3v) is 3.38. The Hall–Kier alpha value is -0.840. The van der Waals surface area contributed by atoms with E-state index < -0.39 is 0 Å². The van der Waals surface area contributed by atoms with E-state index in [1.165, 1.54) is 12.8 Å². The van der Waals surface area contributed by atoms with Crippen LogP contribution in [0.25, 0.3) is 0 Å². The quantitative estimate of drug-likeness (QED) is 0.587. The first-order chi connectivity index (χ1) is 7.32. The van der Waals surface area contributed by atoms with Crippen LogP contribution in [-0.2, 0) is 4.74 Å². The van der Waals surface area contributed by atoms with Crippen LogP contribution in [0.2, 0.25) is 0 Å². The zero-order valence-electron chi connectivity index (χ0n) is 9.03. The van der Waals surface area contributed by atoms with Crippen LogP contribution in [0.5, 0.6) is 0 Å². The summed E-state index contributed by atoms with van der Waals surface area (Å²) in [6.45, 7) is 0. The lowest BCUT2D eigenvalue weighted by molar-refractivity contribution is -0.0421. The molecular formula is C11H18N2O2. The lowest BCUT2D eigenvalue weighted by Crippen LogP contribution is -2.46. The number of rotatable bonds is 4. The van der Waals surface area contributed by atoms with Crippen LogP contribution in [0, 0.1) is 0 Å². The SMILES string of the molecule is COC1(C(NN)c2ccco2)CCCC1. The monoisotopic (exact) mass is 210 g/mol. The molecule has 1 heterocycles. The van der Waals surface area contributed by atoms with Gasteiger partial charge in [0, 0.05) is 7.11 Å². The number of hydrazine groups is 1. The number of nitrogens with two attached hydrogens (primary N) is 1. The van der Waals surface area contributed by atoms with Crippen LogP contribution in [0.4, 0.5) is 0 Å². The molecule has 1 aliphatic carbocycles. The Morgan fingerprint density at radius 2 is 2.27 bits per heavy atom. The standard InChI is InChI=1S/C11H18N2O2/c1-14-11(6-2-3-7-11)10(13-12)9-5-4-8-15-9/h4-5,8,10,13H,2-3,6-7,12H2,1H3. The summed E-state index contributed by atoms with van der Waals surface area (Å²) in [4.78, 5) is 0. The molecule has 15 heavy (non-hydrogen) atoms. The van der Waals surface area contributed by atoms with Gasteiger partial charge in [0.1, 0.15) is 11.8 Å². The molecule has 0 aliphatic heterocycles. The third-order valence-electron chi connectivity index (χ3n) is 3.38. The molecule has 4 heteroatoms. The molecule has 1 unspecified atom stereocenters. The molecule has 1 fully saturated rings. The van der Waals surface area contributed by atoms with Gasteiger partial charge in [0.15, 0.2) is 0 Å². The summed E-state index contributed by atoms with van der Waals surface area (Å²) in [5, 5.41) is 0. The van der Waals surface area contributed by atoms with E-state index >= 15 is 0 Å². The highest BCUT2D eigenvalue weighted by Crippen LogP contribution is 2.42. The molecular weight excluding hydrogens is 192 g/mol. The number of methoxy groups -OCH3 is 1. The highest BCUT2D eigenvalue weighted by atomic mass is 16.5. The first-order valence-corrected chi connectivity index (χ1v) is 5.37. The smallest absolute Gasteiger partial charge is 0.124 e. The summed E-state index contributed by atoms with van der Waals surface area (Å²) in [7, 11) is 1.75. The number of furan rings is 1. The molecule has 1 aliphatic rings. The van der Waals surface area contributed by atoms with Gasteiger partial charge in [-0.15, -0.1) is 0 Å². The van der Waals surface area contributed by atoms with E-state index in [0.29, 0.717) is 0 Å². The lowest BCUT2D eigenvalue weighted by Gasteiger charge is -2.34. The Labute approximate surface area is 89.7 Å². The van der Waals surface area contributed by atoms with Gasteiger partial charge < -0.3 is 9.15 Å². The van der Waals surface area contributed by atoms with E-state index in [9.17, 15) is 0 Å². The third kappa shape index (κ3) is 1.80. The fourth-order valence-corrected chi connectivity index (χ4v) is 2.53. The summed E-state index contributed by atoms with van der Waals surface area (Å²) in [6, 6.07) is 3.75. The van der Waals surface area contributed by atoms with E-state index in [1.54, 1.807) is 13.4 Å². The van der Waals surface area contributed by atoms with Gasteiger partial charge in [-0.05, 0) is 25.0 Å². The van der Waals surface area contributed by atoms with Gasteiger partial charge in [-0.2, -0.15) is 0 Å². The largest absolute Gasteiger partial charge is 0.468 e. The normalized spacial score (nSPS) is 21.7. The Morgan fingerprint density at radius 1 is 1.53 bits per heavy atom. The predicted molar refractivity (Wildman–Crippen MR) is 57.0 cm³/mol. The van der Waals surface area contributed by atoms with Crippen molar-refractivity contribution in [2.24, 2.45) is 5.84 Å². The molecule has 0 radical (unpaired) electrons. The maximum Gasteiger partial charge on any atom is 0.124 e. The lowest BCUT2D eigenvalue weighted by atomic mass is 9.90. The number of hydrogen-bond acceptors (Lipinski definition) is 4. The minimum absolute atomic E-state index is 0.0556. The maximum absolute atomic E-state index is 5.67. The molecule has 0 saturated heterocycles. The van der Waals surface area contributed by atoms with Crippen LogP contribution in [0.1, 0.15) is 37.5 Å². The van der Waals surface area contributed by atoms with Crippen LogP contribution in [-0.4, -0.2) is 12.7 Å². The Bertz CT molecular complexity index is 292. The topological polar surface area (TPSA) is 60.4 Å². The van der Waals surface area contributed by atoms with Gasteiger partial charge in [-0.25, -0.2) is 5.43 Å². The van der Waals surface area contributed by atoms with Crippen LogP contribution < -0.4 is 11.3 Å². The van der Waals surface area contributed by atoms with E-state index in [1.807, 2.05) is 12.1 Å². The van der Waals surface area contributed by atoms with Gasteiger partial charge in [-0.3, -0.25) is 5.84 Å². The first kappa shape index (κ1) is 10.7. The van der Waals surface area contributed by atoms with Crippen LogP contribution >= 0.6 is 0 Å². The molecule has 0 amide bonds. The second-order valence-electron chi connectivity index (χ2n) is 4.09. The van der Waals surface area contributed by atoms with Crippen molar-refractivity contribution in [3.05, 3.63) is 24.2 Å². The Morgan fingerprint density at radius 3 is 2.73 bits per heavy atom. The zero-order chi connectivity index (χ0) is 10.7. The molecule has 1 atom stereocenters. The molecule has 3 N–H and O–H groups in total. The van der Waals surface area contributed by atoms with Crippen molar-refractivity contribution in [2.45, 2.75) is 37.3 Å². The van der Waals surface area contributed by atoms with Gasteiger partial charge in [0.2, 0.25) is 0 Å². The zero-order valence-corrected chi connectivity index (χ0v) is 9.03. The second kappa shape index (κ2) is 4.35. The minimum atomic E-state index is -0.202. The molecule has 4 nitrogen and oxygen atoms in total. The van der Waals surface area contributed by atoms with Crippen molar-refractivity contribution < 1.29 is 9.15 Å². The Kier molecular flexibility index (Phi) is 3.09. The van der Waals surface area contributed by atoms with E-state index in [2.05, 4.69) is 5.43 Å². The first-order valence-electron chi connectivity index (χ1n) is 5.37. The molecule has 84 valence electrons. The van der Waals surface area contributed by atoms with Crippen molar-refractivity contribution >= 4 is 0 Å². The molecule has 1 saturated carbocycles. The highest BCUT2D eigenvalue weighted by molar-refractivity contribution is 5.12. The van der Waals surface area contributed by atoms with Crippen molar-refractivity contribution in [2.75, 3.05) is 7.11 Å². The van der Waals surface area contributed by atoms with Gasteiger partial charge in [0.25, 0.3) is 0 Å². The average Bonchev–Trinajstić information content (AvgIpc) is 2.90. The summed E-state index contributed by atoms with van der Waals surface area (Å²) in [5.74, 6) is 6.46. The fraction of sp³-hybridized carbons (Fsp3) is 0.636. The van der Waals surface area contributed by atoms with Gasteiger partial charge in [-0.1, -0.05) is 12.8 Å². The van der Waals surface area contributed by atoms with Crippen LogP contribution in [0.3, 0.4) is 0 Å². The van der Waals surface area contributed by atoms with Gasteiger partial charge in [0.05, 0.1) is 11.9 Å². The average molecular weight is 210 g/mol. The molecule has 0 bridgehead atoms. The predicted octanol–water partition coefficient (Wildman–Crippen LogP) is 1.74. The minimum Gasteiger partial charge on any atom is -0.468 e. The van der Waals surface area contributed by atoms with E-state index in [0.717, 1.165) is 18.6 Å². The molecule has 1 aromatic heterocycles. The maximum atomic E-state index is 5.67. The number of ether oxygens (including phenoxy) is 1. The van der Waals surface area contributed by atoms with E-state index in [4.69, 9.17) is 15.0 Å². The van der Waals surface area contributed by atoms with Crippen molar-refractivity contribution in [1.82, 2.24) is 5.43 Å². The fourth-order valence-electron chi connectivity index (χ4n) is 2.53. The number of hydrogen-bond donors (Lipinski definition) is 2. The molecule has 0 aromatic carbocycles.